The van der Waals surface area contributed by atoms with Crippen LogP contribution < -0.4 is 0 Å². The molecular weight excluding hydrogens is 432 g/mol. The summed E-state index contributed by atoms with van der Waals surface area (Å²) in [6, 6.07) is 0. The first-order valence-electron chi connectivity index (χ1n) is 14.3. The smallest absolute Gasteiger partial charge is 0.329 e. The molecule has 34 heavy (non-hydrogen) atoms. The first kappa shape index (κ1) is 33.3. The van der Waals surface area contributed by atoms with Gasteiger partial charge < -0.3 is 24.1 Å². The van der Waals surface area contributed by atoms with Crippen molar-refractivity contribution in [1.29, 1.82) is 0 Å². The number of rotatable bonds is 30. The van der Waals surface area contributed by atoms with Crippen LogP contribution in [0.15, 0.2) is 0 Å². The van der Waals surface area contributed by atoms with Crippen molar-refractivity contribution >= 4 is 5.97 Å². The van der Waals surface area contributed by atoms with Gasteiger partial charge in [0.25, 0.3) is 0 Å². The molecule has 0 rings (SSSR count). The summed E-state index contributed by atoms with van der Waals surface area (Å²) in [5.74, 6) is -0.964. The Bertz CT molecular complexity index is 391. The van der Waals surface area contributed by atoms with Crippen molar-refractivity contribution in [1.82, 2.24) is 0 Å². The molecule has 0 saturated carbocycles. The minimum atomic E-state index is -0.964. The van der Waals surface area contributed by atoms with Crippen molar-refractivity contribution in [2.24, 2.45) is 0 Å². The molecule has 0 aromatic rings. The maximum atomic E-state index is 10.3. The quantitative estimate of drug-likeness (QED) is 0.108. The molecule has 204 valence electrons. The predicted octanol–water partition coefficient (Wildman–Crippen LogP) is 7.18. The fourth-order valence-electron chi connectivity index (χ4n) is 3.92. The second-order valence-electron chi connectivity index (χ2n) is 9.29. The van der Waals surface area contributed by atoms with E-state index in [2.05, 4.69) is 6.92 Å². The summed E-state index contributed by atoms with van der Waals surface area (Å²) in [5.41, 5.74) is 0. The molecule has 0 unspecified atom stereocenters. The summed E-state index contributed by atoms with van der Waals surface area (Å²) in [7, 11) is 0. The van der Waals surface area contributed by atoms with E-state index in [0.29, 0.717) is 33.0 Å². The average Bonchev–Trinajstić information content (AvgIpc) is 2.83. The topological polar surface area (TPSA) is 74.2 Å². The number of hydrogen-bond donors (Lipinski definition) is 1. The molecule has 0 fully saturated rings. The minimum absolute atomic E-state index is 0.281. The first-order valence-corrected chi connectivity index (χ1v) is 14.3. The van der Waals surface area contributed by atoms with Gasteiger partial charge in [-0.25, -0.2) is 4.79 Å². The maximum absolute atomic E-state index is 10.3. The highest BCUT2D eigenvalue weighted by Gasteiger charge is 1.97. The van der Waals surface area contributed by atoms with Gasteiger partial charge in [0.1, 0.15) is 6.61 Å². The van der Waals surface area contributed by atoms with Crippen molar-refractivity contribution in [3.63, 3.8) is 0 Å². The Morgan fingerprint density at radius 1 is 0.441 bits per heavy atom. The van der Waals surface area contributed by atoms with Gasteiger partial charge >= 0.3 is 5.97 Å². The van der Waals surface area contributed by atoms with Crippen molar-refractivity contribution in [3.8, 4) is 0 Å². The predicted molar refractivity (Wildman–Crippen MR) is 140 cm³/mol. The van der Waals surface area contributed by atoms with Crippen LogP contribution >= 0.6 is 0 Å². The van der Waals surface area contributed by atoms with Gasteiger partial charge in [0.05, 0.1) is 39.6 Å². The molecule has 1 N–H and O–H groups in total. The van der Waals surface area contributed by atoms with Crippen LogP contribution in [0.1, 0.15) is 122 Å². The van der Waals surface area contributed by atoms with Gasteiger partial charge in [-0.2, -0.15) is 0 Å². The van der Waals surface area contributed by atoms with E-state index < -0.39 is 5.97 Å². The number of carboxylic acids is 1. The molecule has 0 aliphatic rings. The average molecular weight is 489 g/mol. The van der Waals surface area contributed by atoms with Gasteiger partial charge in [0, 0.05) is 6.61 Å². The van der Waals surface area contributed by atoms with Gasteiger partial charge in [-0.05, 0) is 6.42 Å². The number of unbranched alkanes of at least 4 members (excludes halogenated alkanes) is 17. The van der Waals surface area contributed by atoms with Gasteiger partial charge in [-0.3, -0.25) is 0 Å². The lowest BCUT2D eigenvalue weighted by Gasteiger charge is -2.07. The van der Waals surface area contributed by atoms with Crippen molar-refractivity contribution < 1.29 is 28.8 Å². The first-order chi connectivity index (χ1) is 16.8. The summed E-state index contributed by atoms with van der Waals surface area (Å²) >= 11 is 0. The molecule has 0 heterocycles. The Kier molecular flexibility index (Phi) is 29.7. The van der Waals surface area contributed by atoms with E-state index in [1.54, 1.807) is 0 Å². The monoisotopic (exact) mass is 488 g/mol. The number of carboxylic acid groups (broad SMARTS) is 1. The molecule has 0 aliphatic heterocycles. The largest absolute Gasteiger partial charge is 0.480 e. The highest BCUT2D eigenvalue weighted by atomic mass is 16.6. The normalized spacial score (nSPS) is 11.3. The molecule has 0 atom stereocenters. The highest BCUT2D eigenvalue weighted by molar-refractivity contribution is 5.67. The third-order valence-corrected chi connectivity index (χ3v) is 5.98. The van der Waals surface area contributed by atoms with E-state index in [-0.39, 0.29) is 13.2 Å². The molecule has 0 radical (unpaired) electrons. The van der Waals surface area contributed by atoms with Crippen molar-refractivity contribution in [3.05, 3.63) is 0 Å². The molecule has 0 amide bonds. The standard InChI is InChI=1S/C28H56O6/c1-2-3-4-5-6-7-8-9-10-11-12-13-14-15-16-17-18-19-20-31-21-22-32-23-24-33-25-26-34-27-28(29)30/h2-27H2,1H3,(H,29,30). The molecule has 0 aromatic carbocycles. The van der Waals surface area contributed by atoms with Crippen LogP contribution in [0.4, 0.5) is 0 Å². The van der Waals surface area contributed by atoms with Gasteiger partial charge in [-0.15, -0.1) is 0 Å². The molecule has 6 heteroatoms. The zero-order valence-corrected chi connectivity index (χ0v) is 22.4. The Labute approximate surface area is 210 Å². The van der Waals surface area contributed by atoms with Crippen LogP contribution in [0.3, 0.4) is 0 Å². The summed E-state index contributed by atoms with van der Waals surface area (Å²) in [6.45, 7) is 5.70. The maximum Gasteiger partial charge on any atom is 0.329 e. The number of hydrogen-bond acceptors (Lipinski definition) is 5. The third kappa shape index (κ3) is 31.3. The van der Waals surface area contributed by atoms with Crippen LogP contribution in [0.25, 0.3) is 0 Å². The second kappa shape index (κ2) is 30.3. The van der Waals surface area contributed by atoms with E-state index in [1.807, 2.05) is 0 Å². The van der Waals surface area contributed by atoms with Crippen molar-refractivity contribution in [2.45, 2.75) is 122 Å². The summed E-state index contributed by atoms with van der Waals surface area (Å²) in [6.07, 6.45) is 25.1. The summed E-state index contributed by atoms with van der Waals surface area (Å²) < 4.78 is 21.2. The lowest BCUT2D eigenvalue weighted by atomic mass is 10.0. The molecule has 6 nitrogen and oxygen atoms in total. The molecule has 0 spiro atoms. The zero-order chi connectivity index (χ0) is 24.8. The lowest BCUT2D eigenvalue weighted by Crippen LogP contribution is -2.14. The molecule has 0 saturated heterocycles. The minimum Gasteiger partial charge on any atom is -0.480 e. The van der Waals surface area contributed by atoms with Crippen LogP contribution in [-0.4, -0.2) is 63.9 Å². The number of aliphatic carboxylic acids is 1. The van der Waals surface area contributed by atoms with Crippen LogP contribution in [0.2, 0.25) is 0 Å². The molecular formula is C28H56O6. The Morgan fingerprint density at radius 2 is 0.735 bits per heavy atom. The van der Waals surface area contributed by atoms with E-state index in [0.717, 1.165) is 13.0 Å². The van der Waals surface area contributed by atoms with E-state index in [4.69, 9.17) is 24.1 Å². The molecule has 0 aliphatic carbocycles. The number of ether oxygens (including phenoxy) is 4. The summed E-state index contributed by atoms with van der Waals surface area (Å²) in [4.78, 5) is 10.3. The fourth-order valence-corrected chi connectivity index (χ4v) is 3.92. The van der Waals surface area contributed by atoms with Gasteiger partial charge in [0.15, 0.2) is 0 Å². The SMILES string of the molecule is CCCCCCCCCCCCCCCCCCCCOCCOCCOCCOCC(=O)O. The lowest BCUT2D eigenvalue weighted by molar-refractivity contribution is -0.142. The van der Waals surface area contributed by atoms with E-state index >= 15 is 0 Å². The van der Waals surface area contributed by atoms with Gasteiger partial charge in [-0.1, -0.05) is 116 Å². The Balaban J connectivity index is 3.01. The van der Waals surface area contributed by atoms with Gasteiger partial charge in [0.2, 0.25) is 0 Å². The zero-order valence-electron chi connectivity index (χ0n) is 22.4. The van der Waals surface area contributed by atoms with Crippen LogP contribution in [-0.2, 0) is 23.7 Å². The fraction of sp³-hybridized carbons (Fsp3) is 0.964. The third-order valence-electron chi connectivity index (χ3n) is 5.98. The highest BCUT2D eigenvalue weighted by Crippen LogP contribution is 2.14. The Morgan fingerprint density at radius 3 is 1.09 bits per heavy atom. The molecule has 0 bridgehead atoms. The number of carbonyl (C=O) groups is 1. The van der Waals surface area contributed by atoms with Crippen LogP contribution in [0.5, 0.6) is 0 Å². The second-order valence-corrected chi connectivity index (χ2v) is 9.29. The van der Waals surface area contributed by atoms with Crippen molar-refractivity contribution in [2.75, 3.05) is 52.9 Å². The van der Waals surface area contributed by atoms with E-state index in [9.17, 15) is 4.79 Å². The molecule has 0 aromatic heterocycles. The Hall–Kier alpha value is -0.690. The van der Waals surface area contributed by atoms with Crippen LogP contribution in [0, 0.1) is 0 Å². The summed E-state index contributed by atoms with van der Waals surface area (Å²) in [5, 5.41) is 8.42. The van der Waals surface area contributed by atoms with E-state index in [1.165, 1.54) is 109 Å².